The number of nitrogens with zero attached hydrogens (tertiary/aromatic N) is 2. The van der Waals surface area contributed by atoms with E-state index in [0.717, 1.165) is 28.7 Å². The molecule has 19 heavy (non-hydrogen) atoms. The lowest BCUT2D eigenvalue weighted by Crippen LogP contribution is -2.44. The van der Waals surface area contributed by atoms with Gasteiger partial charge in [-0.15, -0.1) is 0 Å². The predicted molar refractivity (Wildman–Crippen MR) is 75.9 cm³/mol. The van der Waals surface area contributed by atoms with Crippen LogP contribution >= 0.6 is 15.9 Å². The monoisotopic (exact) mass is 329 g/mol. The van der Waals surface area contributed by atoms with Gasteiger partial charge in [0.2, 0.25) is 0 Å². The largest absolute Gasteiger partial charge is 0.381 e. The Balaban J connectivity index is 2.19. The molecule has 0 spiro atoms. The summed E-state index contributed by atoms with van der Waals surface area (Å²) >= 11 is 3.50. The van der Waals surface area contributed by atoms with Gasteiger partial charge in [0, 0.05) is 32.2 Å². The second-order valence-corrected chi connectivity index (χ2v) is 5.96. The number of hydrogen-bond donors (Lipinski definition) is 1. The fourth-order valence-corrected chi connectivity index (χ4v) is 3.05. The first-order chi connectivity index (χ1) is 9.00. The molecule has 2 rings (SSSR count). The van der Waals surface area contributed by atoms with Crippen molar-refractivity contribution in [3.05, 3.63) is 15.9 Å². The molecule has 1 aliphatic heterocycles. The molecule has 0 radical (unpaired) electrons. The molecule has 1 aromatic heterocycles. The lowest BCUT2D eigenvalue weighted by molar-refractivity contribution is -0.133. The summed E-state index contributed by atoms with van der Waals surface area (Å²) in [4.78, 5) is 12.6. The van der Waals surface area contributed by atoms with E-state index >= 15 is 0 Å². The summed E-state index contributed by atoms with van der Waals surface area (Å²) in [6.45, 7) is 3.55. The molecule has 0 unspecified atom stereocenters. The Labute approximate surface area is 121 Å². The third-order valence-electron chi connectivity index (χ3n) is 4.02. The van der Waals surface area contributed by atoms with Gasteiger partial charge in [0.15, 0.2) is 0 Å². The van der Waals surface area contributed by atoms with Crippen LogP contribution in [-0.2, 0) is 23.0 Å². The van der Waals surface area contributed by atoms with Crippen molar-refractivity contribution in [2.75, 3.05) is 19.8 Å². The van der Waals surface area contributed by atoms with Crippen LogP contribution in [0.5, 0.6) is 0 Å². The highest BCUT2D eigenvalue weighted by Crippen LogP contribution is 2.33. The highest BCUT2D eigenvalue weighted by atomic mass is 79.9. The Bertz CT molecular complexity index is 478. The van der Waals surface area contributed by atoms with Gasteiger partial charge in [-0.3, -0.25) is 9.48 Å². The molecule has 0 atom stereocenters. The van der Waals surface area contributed by atoms with Crippen LogP contribution in [-0.4, -0.2) is 35.3 Å². The second-order valence-electron chi connectivity index (χ2n) is 5.17. The fraction of sp³-hybridized carbons (Fsp3) is 0.692. The highest BCUT2D eigenvalue weighted by Gasteiger charge is 2.38. The number of halogens is 1. The van der Waals surface area contributed by atoms with Gasteiger partial charge in [-0.2, -0.15) is 5.10 Å². The first-order valence-corrected chi connectivity index (χ1v) is 7.28. The summed E-state index contributed by atoms with van der Waals surface area (Å²) in [6, 6.07) is 0. The standard InChI is InChI=1S/C13H20BrN3O2/c1-9-12(14)10(17(2)16-9)7-11(18)13(8-15)3-5-19-6-4-13/h3-8,15H2,1-2H3. The van der Waals surface area contributed by atoms with Crippen molar-refractivity contribution in [3.8, 4) is 0 Å². The van der Waals surface area contributed by atoms with Crippen molar-refractivity contribution in [2.45, 2.75) is 26.2 Å². The topological polar surface area (TPSA) is 70.1 Å². The number of carbonyl (C=O) groups excluding carboxylic acids is 1. The molecule has 6 heteroatoms. The molecule has 2 heterocycles. The summed E-state index contributed by atoms with van der Waals surface area (Å²) in [7, 11) is 1.86. The van der Waals surface area contributed by atoms with E-state index in [1.54, 1.807) is 4.68 Å². The molecule has 5 nitrogen and oxygen atoms in total. The normalized spacial score (nSPS) is 18.5. The first-order valence-electron chi connectivity index (χ1n) is 6.49. The van der Waals surface area contributed by atoms with Gasteiger partial charge in [0.05, 0.1) is 22.3 Å². The van der Waals surface area contributed by atoms with E-state index in [9.17, 15) is 4.79 Å². The molecule has 0 aromatic carbocycles. The third kappa shape index (κ3) is 2.75. The quantitative estimate of drug-likeness (QED) is 0.905. The van der Waals surface area contributed by atoms with Crippen LogP contribution in [0.3, 0.4) is 0 Å². The van der Waals surface area contributed by atoms with Crippen LogP contribution in [0, 0.1) is 12.3 Å². The van der Waals surface area contributed by atoms with E-state index in [1.165, 1.54) is 0 Å². The minimum atomic E-state index is -0.421. The molecule has 1 aliphatic rings. The zero-order valence-electron chi connectivity index (χ0n) is 11.4. The Morgan fingerprint density at radius 1 is 1.53 bits per heavy atom. The Kier molecular flexibility index (Phi) is 4.43. The summed E-state index contributed by atoms with van der Waals surface area (Å²) < 4.78 is 8.03. The number of rotatable bonds is 4. The molecule has 1 aromatic rings. The SMILES string of the molecule is Cc1nn(C)c(CC(=O)C2(CN)CCOCC2)c1Br. The van der Waals surface area contributed by atoms with Gasteiger partial charge in [0.25, 0.3) is 0 Å². The molecule has 0 amide bonds. The van der Waals surface area contributed by atoms with Crippen molar-refractivity contribution in [2.24, 2.45) is 18.2 Å². The Morgan fingerprint density at radius 2 is 2.16 bits per heavy atom. The van der Waals surface area contributed by atoms with Crippen molar-refractivity contribution in [3.63, 3.8) is 0 Å². The highest BCUT2D eigenvalue weighted by molar-refractivity contribution is 9.10. The van der Waals surface area contributed by atoms with Crippen LogP contribution in [0.1, 0.15) is 24.2 Å². The number of carbonyl (C=O) groups is 1. The molecule has 2 N–H and O–H groups in total. The third-order valence-corrected chi connectivity index (χ3v) is 5.05. The van der Waals surface area contributed by atoms with Crippen molar-refractivity contribution >= 4 is 21.7 Å². The first kappa shape index (κ1) is 14.7. The number of ketones is 1. The average molecular weight is 330 g/mol. The molecule has 0 aliphatic carbocycles. The number of nitrogens with two attached hydrogens (primary N) is 1. The van der Waals surface area contributed by atoms with Crippen LogP contribution in [0.25, 0.3) is 0 Å². The lowest BCUT2D eigenvalue weighted by Gasteiger charge is -2.34. The van der Waals surface area contributed by atoms with Gasteiger partial charge in [0.1, 0.15) is 5.78 Å². The number of Topliss-reactive ketones (excluding diaryl/α,β-unsaturated/α-hetero) is 1. The summed E-state index contributed by atoms with van der Waals surface area (Å²) in [5.41, 5.74) is 7.26. The lowest BCUT2D eigenvalue weighted by atomic mass is 9.75. The van der Waals surface area contributed by atoms with Crippen molar-refractivity contribution in [1.29, 1.82) is 0 Å². The van der Waals surface area contributed by atoms with Gasteiger partial charge in [-0.25, -0.2) is 0 Å². The zero-order valence-corrected chi connectivity index (χ0v) is 13.0. The van der Waals surface area contributed by atoms with E-state index < -0.39 is 5.41 Å². The maximum atomic E-state index is 12.6. The zero-order chi connectivity index (χ0) is 14.0. The molecule has 1 saturated heterocycles. The predicted octanol–water partition coefficient (Wildman–Crippen LogP) is 1.36. The van der Waals surface area contributed by atoms with E-state index in [4.69, 9.17) is 10.5 Å². The van der Waals surface area contributed by atoms with Crippen molar-refractivity contribution in [1.82, 2.24) is 9.78 Å². The number of hydrogen-bond acceptors (Lipinski definition) is 4. The molecule has 0 saturated carbocycles. The van der Waals surface area contributed by atoms with Crippen LogP contribution < -0.4 is 5.73 Å². The molecular weight excluding hydrogens is 310 g/mol. The smallest absolute Gasteiger partial charge is 0.146 e. The van der Waals surface area contributed by atoms with E-state index in [1.807, 2.05) is 14.0 Å². The summed E-state index contributed by atoms with van der Waals surface area (Å²) in [5.74, 6) is 0.196. The van der Waals surface area contributed by atoms with Gasteiger partial charge >= 0.3 is 0 Å². The minimum Gasteiger partial charge on any atom is -0.381 e. The van der Waals surface area contributed by atoms with E-state index in [2.05, 4.69) is 21.0 Å². The van der Waals surface area contributed by atoms with Gasteiger partial charge < -0.3 is 10.5 Å². The van der Waals surface area contributed by atoms with Crippen LogP contribution in [0.15, 0.2) is 4.47 Å². The van der Waals surface area contributed by atoms with Crippen LogP contribution in [0.2, 0.25) is 0 Å². The Hall–Kier alpha value is -0.720. The number of ether oxygens (including phenoxy) is 1. The molecule has 106 valence electrons. The average Bonchev–Trinajstić information content (AvgIpc) is 2.66. The van der Waals surface area contributed by atoms with E-state index in [0.29, 0.717) is 26.2 Å². The van der Waals surface area contributed by atoms with Gasteiger partial charge in [-0.05, 0) is 35.7 Å². The van der Waals surface area contributed by atoms with Crippen LogP contribution in [0.4, 0.5) is 0 Å². The maximum absolute atomic E-state index is 12.6. The number of aryl methyl sites for hydroxylation is 2. The van der Waals surface area contributed by atoms with E-state index in [-0.39, 0.29) is 5.78 Å². The van der Waals surface area contributed by atoms with Crippen molar-refractivity contribution < 1.29 is 9.53 Å². The summed E-state index contributed by atoms with van der Waals surface area (Å²) in [6.07, 6.45) is 1.81. The Morgan fingerprint density at radius 3 is 2.63 bits per heavy atom. The molecule has 0 bridgehead atoms. The fourth-order valence-electron chi connectivity index (χ4n) is 2.57. The summed E-state index contributed by atoms with van der Waals surface area (Å²) in [5, 5.41) is 4.32. The number of aromatic nitrogens is 2. The molecule has 1 fully saturated rings. The van der Waals surface area contributed by atoms with Gasteiger partial charge in [-0.1, -0.05) is 0 Å². The second kappa shape index (κ2) is 5.73. The maximum Gasteiger partial charge on any atom is 0.146 e. The minimum absolute atomic E-state index is 0.196. The molecular formula is C13H20BrN3O2.